The number of amides is 1. The predicted octanol–water partition coefficient (Wildman–Crippen LogP) is 5.67. The molecule has 3 aromatic rings. The van der Waals surface area contributed by atoms with Crippen molar-refractivity contribution in [2.45, 2.75) is 26.2 Å². The number of nitrogens with zero attached hydrogens (tertiary/aromatic N) is 2. The minimum Gasteiger partial charge on any atom is -0.495 e. The molecule has 0 spiro atoms. The number of para-hydroxylation sites is 2. The molecule has 166 valence electrons. The normalized spacial score (nSPS) is 13.8. The third-order valence-corrected chi connectivity index (χ3v) is 6.21. The Morgan fingerprint density at radius 2 is 1.62 bits per heavy atom. The van der Waals surface area contributed by atoms with E-state index in [0.717, 1.165) is 47.6 Å². The van der Waals surface area contributed by atoms with Gasteiger partial charge < -0.3 is 14.5 Å². The highest BCUT2D eigenvalue weighted by Gasteiger charge is 2.23. The van der Waals surface area contributed by atoms with Gasteiger partial charge in [0.2, 0.25) is 0 Å². The first-order valence-electron chi connectivity index (χ1n) is 11.6. The van der Waals surface area contributed by atoms with Crippen molar-refractivity contribution >= 4 is 11.6 Å². The zero-order valence-electron chi connectivity index (χ0n) is 19.1. The molecule has 0 aromatic heterocycles. The van der Waals surface area contributed by atoms with Crippen LogP contribution in [0.2, 0.25) is 0 Å². The Balaban J connectivity index is 1.42. The van der Waals surface area contributed by atoms with Crippen LogP contribution >= 0.6 is 0 Å². The molecule has 4 nitrogen and oxygen atoms in total. The number of methoxy groups -OCH3 is 1. The van der Waals surface area contributed by atoms with Crippen LogP contribution in [0.5, 0.6) is 5.75 Å². The first-order valence-corrected chi connectivity index (χ1v) is 11.6. The molecule has 1 heterocycles. The number of hydrogen-bond acceptors (Lipinski definition) is 3. The van der Waals surface area contributed by atoms with Gasteiger partial charge in [-0.15, -0.1) is 0 Å². The van der Waals surface area contributed by atoms with Crippen molar-refractivity contribution in [3.05, 3.63) is 83.9 Å². The molecule has 32 heavy (non-hydrogen) atoms. The largest absolute Gasteiger partial charge is 0.495 e. The molecular weight excluding hydrogens is 396 g/mol. The van der Waals surface area contributed by atoms with Gasteiger partial charge in [0.15, 0.2) is 0 Å². The molecule has 1 amide bonds. The van der Waals surface area contributed by atoms with Gasteiger partial charge in [-0.3, -0.25) is 4.79 Å². The number of rotatable bonds is 7. The van der Waals surface area contributed by atoms with E-state index in [1.807, 2.05) is 41.3 Å². The van der Waals surface area contributed by atoms with Crippen LogP contribution < -0.4 is 9.64 Å². The summed E-state index contributed by atoms with van der Waals surface area (Å²) < 4.78 is 5.50. The standard InChI is InChI=1S/C28H32N2O2/c1-3-4-8-22-13-15-23(16-14-22)24-9-7-10-25(21-24)28(31)30-19-17-29(18-20-30)26-11-5-6-12-27(26)32-2/h5-7,9-16,21H,3-4,8,17-20H2,1-2H3. The summed E-state index contributed by atoms with van der Waals surface area (Å²) in [6.07, 6.45) is 3.54. The fourth-order valence-electron chi connectivity index (χ4n) is 4.30. The van der Waals surface area contributed by atoms with Crippen LogP contribution in [0, 0.1) is 0 Å². The Morgan fingerprint density at radius 3 is 2.34 bits per heavy atom. The number of anilines is 1. The van der Waals surface area contributed by atoms with Gasteiger partial charge in [0, 0.05) is 31.7 Å². The van der Waals surface area contributed by atoms with Crippen LogP contribution in [0.15, 0.2) is 72.8 Å². The molecule has 4 rings (SSSR count). The highest BCUT2D eigenvalue weighted by atomic mass is 16.5. The Kier molecular flexibility index (Phi) is 7.10. The lowest BCUT2D eigenvalue weighted by Gasteiger charge is -2.36. The Morgan fingerprint density at radius 1 is 0.875 bits per heavy atom. The number of carbonyl (C=O) groups excluding carboxylic acids is 1. The van der Waals surface area contributed by atoms with E-state index in [1.54, 1.807) is 7.11 Å². The first-order chi connectivity index (χ1) is 15.7. The van der Waals surface area contributed by atoms with Gasteiger partial charge in [-0.05, 0) is 53.8 Å². The Labute approximate surface area is 191 Å². The van der Waals surface area contributed by atoms with Gasteiger partial charge in [-0.1, -0.05) is 61.9 Å². The smallest absolute Gasteiger partial charge is 0.253 e. The zero-order valence-corrected chi connectivity index (χ0v) is 19.1. The third kappa shape index (κ3) is 4.96. The number of carbonyl (C=O) groups is 1. The van der Waals surface area contributed by atoms with Crippen molar-refractivity contribution in [1.82, 2.24) is 4.90 Å². The maximum Gasteiger partial charge on any atom is 0.253 e. The average Bonchev–Trinajstić information content (AvgIpc) is 2.87. The van der Waals surface area contributed by atoms with E-state index in [2.05, 4.69) is 48.2 Å². The van der Waals surface area contributed by atoms with Gasteiger partial charge >= 0.3 is 0 Å². The fraction of sp³-hybridized carbons (Fsp3) is 0.321. The summed E-state index contributed by atoms with van der Waals surface area (Å²) in [5, 5.41) is 0. The number of hydrogen-bond donors (Lipinski definition) is 0. The van der Waals surface area contributed by atoms with Crippen molar-refractivity contribution in [2.75, 3.05) is 38.2 Å². The predicted molar refractivity (Wildman–Crippen MR) is 132 cm³/mol. The topological polar surface area (TPSA) is 32.8 Å². The molecule has 0 atom stereocenters. The molecule has 0 N–H and O–H groups in total. The molecule has 0 unspecified atom stereocenters. The van der Waals surface area contributed by atoms with E-state index in [1.165, 1.54) is 18.4 Å². The average molecular weight is 429 g/mol. The van der Waals surface area contributed by atoms with E-state index >= 15 is 0 Å². The molecule has 0 aliphatic carbocycles. The van der Waals surface area contributed by atoms with E-state index in [-0.39, 0.29) is 5.91 Å². The van der Waals surface area contributed by atoms with Crippen molar-refractivity contribution in [3.63, 3.8) is 0 Å². The molecular formula is C28H32N2O2. The monoisotopic (exact) mass is 428 g/mol. The van der Waals surface area contributed by atoms with Crippen molar-refractivity contribution in [1.29, 1.82) is 0 Å². The number of piperazine rings is 1. The van der Waals surface area contributed by atoms with E-state index in [0.29, 0.717) is 13.1 Å². The zero-order chi connectivity index (χ0) is 22.3. The molecule has 4 heteroatoms. The van der Waals surface area contributed by atoms with Crippen LogP contribution in [0.25, 0.3) is 11.1 Å². The SMILES string of the molecule is CCCCc1ccc(-c2cccc(C(=O)N3CCN(c4ccccc4OC)CC3)c2)cc1. The summed E-state index contributed by atoms with van der Waals surface area (Å²) in [5.41, 5.74) is 5.46. The van der Waals surface area contributed by atoms with E-state index in [4.69, 9.17) is 4.74 Å². The number of ether oxygens (including phenoxy) is 1. The lowest BCUT2D eigenvalue weighted by atomic mass is 10.00. The number of unbranched alkanes of at least 4 members (excludes halogenated alkanes) is 1. The Bertz CT molecular complexity index is 1040. The lowest BCUT2D eigenvalue weighted by molar-refractivity contribution is 0.0746. The molecule has 0 saturated carbocycles. The summed E-state index contributed by atoms with van der Waals surface area (Å²) >= 11 is 0. The van der Waals surface area contributed by atoms with Gasteiger partial charge in [0.25, 0.3) is 5.91 Å². The van der Waals surface area contributed by atoms with Crippen molar-refractivity contribution in [2.24, 2.45) is 0 Å². The quantitative estimate of drug-likeness (QED) is 0.486. The second-order valence-corrected chi connectivity index (χ2v) is 8.33. The molecule has 1 aliphatic heterocycles. The van der Waals surface area contributed by atoms with Crippen LogP contribution in [0.4, 0.5) is 5.69 Å². The summed E-state index contributed by atoms with van der Waals surface area (Å²) in [5.74, 6) is 0.979. The molecule has 1 fully saturated rings. The third-order valence-electron chi connectivity index (χ3n) is 6.21. The summed E-state index contributed by atoms with van der Waals surface area (Å²) in [4.78, 5) is 17.5. The van der Waals surface area contributed by atoms with Crippen molar-refractivity contribution < 1.29 is 9.53 Å². The summed E-state index contributed by atoms with van der Waals surface area (Å²) in [6.45, 7) is 5.21. The maximum absolute atomic E-state index is 13.2. The molecule has 1 saturated heterocycles. The summed E-state index contributed by atoms with van der Waals surface area (Å²) in [7, 11) is 1.70. The highest BCUT2D eigenvalue weighted by Crippen LogP contribution is 2.29. The van der Waals surface area contributed by atoms with E-state index in [9.17, 15) is 4.79 Å². The van der Waals surface area contributed by atoms with Crippen LogP contribution in [0.1, 0.15) is 35.7 Å². The van der Waals surface area contributed by atoms with Gasteiger partial charge in [0.1, 0.15) is 5.75 Å². The second-order valence-electron chi connectivity index (χ2n) is 8.33. The first kappa shape index (κ1) is 21.9. The molecule has 0 radical (unpaired) electrons. The maximum atomic E-state index is 13.2. The highest BCUT2D eigenvalue weighted by molar-refractivity contribution is 5.95. The molecule has 0 bridgehead atoms. The number of benzene rings is 3. The lowest BCUT2D eigenvalue weighted by Crippen LogP contribution is -2.48. The van der Waals surface area contributed by atoms with E-state index < -0.39 is 0 Å². The second kappa shape index (κ2) is 10.4. The van der Waals surface area contributed by atoms with Crippen LogP contribution in [-0.4, -0.2) is 44.1 Å². The summed E-state index contributed by atoms with van der Waals surface area (Å²) in [6, 6.07) is 24.8. The minimum atomic E-state index is 0.103. The Hall–Kier alpha value is -3.27. The van der Waals surface area contributed by atoms with Gasteiger partial charge in [-0.25, -0.2) is 0 Å². The fourth-order valence-corrected chi connectivity index (χ4v) is 4.30. The van der Waals surface area contributed by atoms with Crippen LogP contribution in [0.3, 0.4) is 0 Å². The minimum absolute atomic E-state index is 0.103. The number of aryl methyl sites for hydroxylation is 1. The molecule has 1 aliphatic rings. The van der Waals surface area contributed by atoms with Gasteiger partial charge in [0.05, 0.1) is 12.8 Å². The molecule has 3 aromatic carbocycles. The van der Waals surface area contributed by atoms with Crippen molar-refractivity contribution in [3.8, 4) is 16.9 Å². The van der Waals surface area contributed by atoms with Gasteiger partial charge in [-0.2, -0.15) is 0 Å². The van der Waals surface area contributed by atoms with Crippen LogP contribution in [-0.2, 0) is 6.42 Å².